The molecule has 1 aromatic heterocycles. The lowest BCUT2D eigenvalue weighted by molar-refractivity contribution is 0.102. The van der Waals surface area contributed by atoms with Crippen LogP contribution in [0.15, 0.2) is 66.7 Å². The summed E-state index contributed by atoms with van der Waals surface area (Å²) in [6, 6.07) is 20.1. The van der Waals surface area contributed by atoms with E-state index in [2.05, 4.69) is 26.3 Å². The average molecular weight is 480 g/mol. The summed E-state index contributed by atoms with van der Waals surface area (Å²) in [5.74, 6) is -0.264. The number of hydrogen-bond acceptors (Lipinski definition) is 5. The Labute approximate surface area is 200 Å². The number of aromatic nitrogens is 1. The van der Waals surface area contributed by atoms with Gasteiger partial charge in [0.1, 0.15) is 0 Å². The number of carbonyl (C=O) groups is 2. The van der Waals surface area contributed by atoms with Crippen LogP contribution in [-0.2, 0) is 0 Å². The number of hydrogen-bond donors (Lipinski definition) is 4. The van der Waals surface area contributed by atoms with E-state index in [1.807, 2.05) is 49.4 Å². The van der Waals surface area contributed by atoms with Crippen LogP contribution in [0.25, 0.3) is 10.2 Å². The topological polar surface area (TPSA) is 95.2 Å². The molecule has 168 valence electrons. The summed E-state index contributed by atoms with van der Waals surface area (Å²) in [5.41, 5.74) is 3.65. The van der Waals surface area contributed by atoms with E-state index in [1.54, 1.807) is 24.3 Å². The van der Waals surface area contributed by atoms with E-state index in [-0.39, 0.29) is 11.9 Å². The molecule has 0 atom stereocenters. The number of halogens is 1. The summed E-state index contributed by atoms with van der Waals surface area (Å²) in [7, 11) is 0. The van der Waals surface area contributed by atoms with Gasteiger partial charge in [0.15, 0.2) is 5.13 Å². The Morgan fingerprint density at radius 2 is 1.79 bits per heavy atom. The van der Waals surface area contributed by atoms with Gasteiger partial charge in [-0.25, -0.2) is 9.78 Å². The molecule has 0 spiro atoms. The zero-order chi connectivity index (χ0) is 23.2. The Morgan fingerprint density at radius 3 is 2.58 bits per heavy atom. The van der Waals surface area contributed by atoms with Crippen molar-refractivity contribution in [1.29, 1.82) is 0 Å². The molecule has 3 amide bonds. The lowest BCUT2D eigenvalue weighted by atomic mass is 10.1. The van der Waals surface area contributed by atoms with Crippen molar-refractivity contribution in [2.24, 2.45) is 0 Å². The average Bonchev–Trinajstić information content (AvgIpc) is 3.21. The smallest absolute Gasteiger partial charge is 0.321 e. The second kappa shape index (κ2) is 10.3. The second-order valence-corrected chi connectivity index (χ2v) is 8.70. The van der Waals surface area contributed by atoms with Crippen molar-refractivity contribution in [3.05, 3.63) is 82.9 Å². The number of nitrogens with one attached hydrogen (secondary N) is 4. The Balaban J connectivity index is 1.34. The van der Waals surface area contributed by atoms with E-state index in [4.69, 9.17) is 11.6 Å². The van der Waals surface area contributed by atoms with Crippen molar-refractivity contribution < 1.29 is 9.59 Å². The summed E-state index contributed by atoms with van der Waals surface area (Å²) >= 11 is 7.51. The van der Waals surface area contributed by atoms with E-state index in [9.17, 15) is 9.59 Å². The number of thiazole rings is 1. The molecule has 0 bridgehead atoms. The fourth-order valence-corrected chi connectivity index (χ4v) is 4.34. The molecule has 4 aromatic rings. The van der Waals surface area contributed by atoms with Gasteiger partial charge in [-0.05, 0) is 48.9 Å². The van der Waals surface area contributed by atoms with Crippen LogP contribution in [0.1, 0.15) is 15.9 Å². The zero-order valence-corrected chi connectivity index (χ0v) is 19.4. The number of rotatable bonds is 7. The Bertz CT molecular complexity index is 1270. The Hall–Kier alpha value is -3.62. The number of benzene rings is 3. The van der Waals surface area contributed by atoms with Crippen molar-refractivity contribution in [3.63, 3.8) is 0 Å². The molecule has 3 aromatic carbocycles. The van der Waals surface area contributed by atoms with Crippen molar-refractivity contribution in [1.82, 2.24) is 10.3 Å². The van der Waals surface area contributed by atoms with E-state index >= 15 is 0 Å². The van der Waals surface area contributed by atoms with Gasteiger partial charge in [-0.2, -0.15) is 0 Å². The lowest BCUT2D eigenvalue weighted by Gasteiger charge is -2.10. The quantitative estimate of drug-likeness (QED) is 0.254. The second-order valence-electron chi connectivity index (χ2n) is 7.26. The largest absolute Gasteiger partial charge is 0.383 e. The monoisotopic (exact) mass is 479 g/mol. The van der Waals surface area contributed by atoms with Gasteiger partial charge in [-0.1, -0.05) is 53.3 Å². The van der Waals surface area contributed by atoms with E-state index < -0.39 is 0 Å². The first-order chi connectivity index (χ1) is 16.0. The van der Waals surface area contributed by atoms with Gasteiger partial charge >= 0.3 is 6.03 Å². The molecule has 0 fully saturated rings. The number of fused-ring (bicyclic) bond motifs is 1. The van der Waals surface area contributed by atoms with Crippen LogP contribution in [0.5, 0.6) is 0 Å². The molecule has 0 aliphatic carbocycles. The summed E-state index contributed by atoms with van der Waals surface area (Å²) in [6.07, 6.45) is 0. The van der Waals surface area contributed by atoms with Crippen LogP contribution >= 0.6 is 22.9 Å². The summed E-state index contributed by atoms with van der Waals surface area (Å²) in [6.45, 7) is 2.94. The standard InChI is InChI=1S/C24H22ClN5O2S/c1-15-6-5-9-18(25)21(15)29-22(31)16-10-11-19-20(14-16)33-24(28-19)30-23(32)27-13-12-26-17-7-3-2-4-8-17/h2-11,14,26H,12-13H2,1H3,(H,29,31)(H2,27,28,30,32). The number of para-hydroxylation sites is 2. The molecule has 0 saturated heterocycles. The maximum Gasteiger partial charge on any atom is 0.321 e. The zero-order valence-electron chi connectivity index (χ0n) is 17.8. The van der Waals surface area contributed by atoms with E-state index in [0.717, 1.165) is 16.0 Å². The highest BCUT2D eigenvalue weighted by Crippen LogP contribution is 2.29. The van der Waals surface area contributed by atoms with Crippen LogP contribution in [0.3, 0.4) is 0 Å². The van der Waals surface area contributed by atoms with Crippen LogP contribution in [-0.4, -0.2) is 30.0 Å². The van der Waals surface area contributed by atoms with Crippen LogP contribution < -0.4 is 21.3 Å². The van der Waals surface area contributed by atoms with Crippen molar-refractivity contribution in [2.45, 2.75) is 6.92 Å². The number of anilines is 3. The first-order valence-corrected chi connectivity index (χ1v) is 11.5. The molecule has 1 heterocycles. The van der Waals surface area contributed by atoms with Gasteiger partial charge in [0, 0.05) is 24.3 Å². The molecule has 0 unspecified atom stereocenters. The van der Waals surface area contributed by atoms with Gasteiger partial charge in [-0.15, -0.1) is 0 Å². The molecule has 0 aliphatic heterocycles. The predicted molar refractivity (Wildman–Crippen MR) is 136 cm³/mol. The van der Waals surface area contributed by atoms with Crippen molar-refractivity contribution >= 4 is 61.6 Å². The molecule has 7 nitrogen and oxygen atoms in total. The third-order valence-electron chi connectivity index (χ3n) is 4.85. The van der Waals surface area contributed by atoms with Gasteiger partial charge in [0.05, 0.1) is 20.9 Å². The van der Waals surface area contributed by atoms with Crippen LogP contribution in [0, 0.1) is 6.92 Å². The number of carbonyl (C=O) groups excluding carboxylic acids is 2. The Kier molecular flexibility index (Phi) is 7.07. The molecule has 9 heteroatoms. The number of amides is 3. The summed E-state index contributed by atoms with van der Waals surface area (Å²) in [4.78, 5) is 29.3. The molecule has 0 saturated carbocycles. The van der Waals surface area contributed by atoms with Crippen LogP contribution in [0.4, 0.5) is 21.3 Å². The minimum absolute atomic E-state index is 0.264. The van der Waals surface area contributed by atoms with Gasteiger partial charge < -0.3 is 16.0 Å². The predicted octanol–water partition coefficient (Wildman–Crippen LogP) is 5.74. The third-order valence-corrected chi connectivity index (χ3v) is 6.09. The number of urea groups is 1. The first kappa shape index (κ1) is 22.6. The maximum atomic E-state index is 12.7. The van der Waals surface area contributed by atoms with Gasteiger partial charge in [-0.3, -0.25) is 10.1 Å². The third kappa shape index (κ3) is 5.79. The molecule has 4 rings (SSSR count). The maximum absolute atomic E-state index is 12.7. The molecule has 33 heavy (non-hydrogen) atoms. The molecule has 4 N–H and O–H groups in total. The number of nitrogens with zero attached hydrogens (tertiary/aromatic N) is 1. The molecule has 0 aliphatic rings. The van der Waals surface area contributed by atoms with Crippen molar-refractivity contribution in [2.75, 3.05) is 29.0 Å². The van der Waals surface area contributed by atoms with E-state index in [1.165, 1.54) is 11.3 Å². The highest BCUT2D eigenvalue weighted by atomic mass is 35.5. The van der Waals surface area contributed by atoms with E-state index in [0.29, 0.717) is 40.0 Å². The number of aryl methyl sites for hydroxylation is 1. The Morgan fingerprint density at radius 1 is 0.970 bits per heavy atom. The molecular formula is C24H22ClN5O2S. The van der Waals surface area contributed by atoms with Crippen LogP contribution in [0.2, 0.25) is 5.02 Å². The normalized spacial score (nSPS) is 10.6. The fourth-order valence-electron chi connectivity index (χ4n) is 3.18. The first-order valence-electron chi connectivity index (χ1n) is 10.3. The highest BCUT2D eigenvalue weighted by Gasteiger charge is 2.13. The molecular weight excluding hydrogens is 458 g/mol. The van der Waals surface area contributed by atoms with Gasteiger partial charge in [0.25, 0.3) is 5.91 Å². The summed E-state index contributed by atoms with van der Waals surface area (Å²) in [5, 5.41) is 12.6. The lowest BCUT2D eigenvalue weighted by Crippen LogP contribution is -2.32. The summed E-state index contributed by atoms with van der Waals surface area (Å²) < 4.78 is 0.791. The fraction of sp³-hybridized carbons (Fsp3) is 0.125. The molecule has 0 radical (unpaired) electrons. The highest BCUT2D eigenvalue weighted by molar-refractivity contribution is 7.22. The van der Waals surface area contributed by atoms with Gasteiger partial charge in [0.2, 0.25) is 0 Å². The minimum Gasteiger partial charge on any atom is -0.383 e. The SMILES string of the molecule is Cc1cccc(Cl)c1NC(=O)c1ccc2nc(NC(=O)NCCNc3ccccc3)sc2c1. The minimum atomic E-state index is -0.337. The van der Waals surface area contributed by atoms with Crippen molar-refractivity contribution in [3.8, 4) is 0 Å².